The molecule has 2 heteroatoms. The first kappa shape index (κ1) is 14.8. The number of rotatable bonds is 9. The van der Waals surface area contributed by atoms with Crippen LogP contribution in [0.25, 0.3) is 0 Å². The molecule has 0 amide bonds. The minimum atomic E-state index is 0.383. The van der Waals surface area contributed by atoms with Gasteiger partial charge in [-0.15, -0.1) is 11.6 Å². The molecule has 0 saturated carbocycles. The lowest BCUT2D eigenvalue weighted by Crippen LogP contribution is -2.14. The van der Waals surface area contributed by atoms with Gasteiger partial charge in [-0.2, -0.15) is 0 Å². The molecule has 1 unspecified atom stereocenters. The van der Waals surface area contributed by atoms with Gasteiger partial charge in [0.2, 0.25) is 0 Å². The average Bonchev–Trinajstić information content (AvgIpc) is 2.11. The molecule has 1 atom stereocenters. The number of hydrogen-bond acceptors (Lipinski definition) is 0. The Morgan fingerprint density at radius 3 is 2.14 bits per heavy atom. The van der Waals surface area contributed by atoms with Gasteiger partial charge in [0.15, 0.2) is 0 Å². The smallest absolute Gasteiger partial charge is 0.0229 e. The molecular weight excluding hydrogens is 259 g/mol. The molecule has 0 aliphatic heterocycles. The molecule has 0 aromatic carbocycles. The summed E-state index contributed by atoms with van der Waals surface area (Å²) in [6, 6.07) is 0. The Morgan fingerprint density at radius 2 is 1.57 bits per heavy atom. The molecule has 0 aliphatic carbocycles. The van der Waals surface area contributed by atoms with Gasteiger partial charge >= 0.3 is 0 Å². The fourth-order valence-electron chi connectivity index (χ4n) is 1.76. The summed E-state index contributed by atoms with van der Waals surface area (Å²) in [5, 5.41) is 0. The van der Waals surface area contributed by atoms with Crippen LogP contribution in [0.4, 0.5) is 0 Å². The van der Waals surface area contributed by atoms with Crippen LogP contribution in [0.3, 0.4) is 0 Å². The fourth-order valence-corrected chi connectivity index (χ4v) is 2.63. The lowest BCUT2D eigenvalue weighted by atomic mass is 9.98. The van der Waals surface area contributed by atoms with E-state index in [9.17, 15) is 0 Å². The minimum Gasteiger partial charge on any atom is -0.127 e. The van der Waals surface area contributed by atoms with E-state index in [1.54, 1.807) is 0 Å². The molecule has 86 valence electrons. The summed E-state index contributed by atoms with van der Waals surface area (Å²) in [7, 11) is 0. The molecule has 0 aromatic heterocycles. The van der Waals surface area contributed by atoms with Crippen LogP contribution in [0.2, 0.25) is 0 Å². The van der Waals surface area contributed by atoms with Gasteiger partial charge in [-0.05, 0) is 26.2 Å². The highest BCUT2D eigenvalue weighted by molar-refractivity contribution is 9.10. The molecule has 0 fully saturated rings. The maximum absolute atomic E-state index is 5.62. The van der Waals surface area contributed by atoms with Crippen molar-refractivity contribution in [1.82, 2.24) is 0 Å². The van der Waals surface area contributed by atoms with E-state index in [0.717, 1.165) is 5.88 Å². The normalized spacial score (nSPS) is 15.4. The molecule has 0 spiro atoms. The molecular formula is C12H24BrCl. The van der Waals surface area contributed by atoms with Crippen LogP contribution in [0.1, 0.15) is 65.2 Å². The van der Waals surface area contributed by atoms with E-state index < -0.39 is 0 Å². The van der Waals surface area contributed by atoms with Crippen LogP contribution in [0, 0.1) is 0 Å². The second kappa shape index (κ2) is 9.03. The third kappa shape index (κ3) is 9.33. The third-order valence-electron chi connectivity index (χ3n) is 2.60. The van der Waals surface area contributed by atoms with Gasteiger partial charge < -0.3 is 0 Å². The zero-order valence-electron chi connectivity index (χ0n) is 9.62. The highest BCUT2D eigenvalue weighted by Gasteiger charge is 2.17. The monoisotopic (exact) mass is 282 g/mol. The lowest BCUT2D eigenvalue weighted by molar-refractivity contribution is 0.501. The van der Waals surface area contributed by atoms with Crippen molar-refractivity contribution in [3.05, 3.63) is 0 Å². The topological polar surface area (TPSA) is 0 Å². The zero-order chi connectivity index (χ0) is 10.9. The lowest BCUT2D eigenvalue weighted by Gasteiger charge is -2.21. The Hall–Kier alpha value is 0.770. The van der Waals surface area contributed by atoms with Crippen molar-refractivity contribution in [3.63, 3.8) is 0 Å². The summed E-state index contributed by atoms with van der Waals surface area (Å²) in [6.45, 7) is 4.56. The van der Waals surface area contributed by atoms with Crippen LogP contribution < -0.4 is 0 Å². The molecule has 0 saturated heterocycles. The second-order valence-corrected chi connectivity index (χ2v) is 6.66. The average molecular weight is 284 g/mol. The van der Waals surface area contributed by atoms with Crippen molar-refractivity contribution >= 4 is 27.5 Å². The van der Waals surface area contributed by atoms with Gasteiger partial charge in [-0.3, -0.25) is 0 Å². The fraction of sp³-hybridized carbons (Fsp3) is 1.00. The number of alkyl halides is 2. The van der Waals surface area contributed by atoms with Crippen molar-refractivity contribution in [2.24, 2.45) is 0 Å². The summed E-state index contributed by atoms with van der Waals surface area (Å²) < 4.78 is 0.383. The zero-order valence-corrected chi connectivity index (χ0v) is 12.0. The highest BCUT2D eigenvalue weighted by Crippen LogP contribution is 2.29. The first-order valence-corrected chi connectivity index (χ1v) is 7.20. The minimum absolute atomic E-state index is 0.383. The van der Waals surface area contributed by atoms with Crippen LogP contribution in [0.15, 0.2) is 0 Å². The van der Waals surface area contributed by atoms with Crippen LogP contribution in [-0.4, -0.2) is 10.2 Å². The molecule has 0 radical (unpaired) electrons. The van der Waals surface area contributed by atoms with Crippen molar-refractivity contribution in [1.29, 1.82) is 0 Å². The molecule has 0 aromatic rings. The number of halogens is 2. The number of unbranched alkanes of at least 4 members (excludes halogenated alkanes) is 4. The van der Waals surface area contributed by atoms with Gasteiger partial charge in [0, 0.05) is 10.2 Å². The van der Waals surface area contributed by atoms with Gasteiger partial charge in [-0.1, -0.05) is 55.0 Å². The summed E-state index contributed by atoms with van der Waals surface area (Å²) in [5.74, 6) is 0.825. The van der Waals surface area contributed by atoms with Gasteiger partial charge in [0.05, 0.1) is 0 Å². The highest BCUT2D eigenvalue weighted by atomic mass is 79.9. The summed E-state index contributed by atoms with van der Waals surface area (Å²) in [5.41, 5.74) is 0. The Bertz CT molecular complexity index is 123. The maximum atomic E-state index is 5.62. The van der Waals surface area contributed by atoms with Crippen LogP contribution in [0.5, 0.6) is 0 Å². The Balaban J connectivity index is 3.26. The molecule has 0 aliphatic rings. The van der Waals surface area contributed by atoms with E-state index in [-0.39, 0.29) is 0 Å². The molecule has 0 rings (SSSR count). The van der Waals surface area contributed by atoms with Crippen LogP contribution in [-0.2, 0) is 0 Å². The molecule has 0 nitrogen and oxygen atoms in total. The predicted octanol–water partition coefficient (Wildman–Crippen LogP) is 5.52. The molecule has 0 heterocycles. The molecule has 14 heavy (non-hydrogen) atoms. The quantitative estimate of drug-likeness (QED) is 0.386. The van der Waals surface area contributed by atoms with Crippen molar-refractivity contribution in [2.75, 3.05) is 5.88 Å². The van der Waals surface area contributed by atoms with Crippen molar-refractivity contribution in [3.8, 4) is 0 Å². The van der Waals surface area contributed by atoms with E-state index in [1.807, 2.05) is 0 Å². The summed E-state index contributed by atoms with van der Waals surface area (Å²) >= 11 is 9.42. The van der Waals surface area contributed by atoms with Gasteiger partial charge in [0.25, 0.3) is 0 Å². The predicted molar refractivity (Wildman–Crippen MR) is 70.7 cm³/mol. The molecule has 0 bridgehead atoms. The Kier molecular flexibility index (Phi) is 9.53. The summed E-state index contributed by atoms with van der Waals surface area (Å²) in [4.78, 5) is 0. The standard InChI is InChI=1S/C12H24BrCl/c1-3-9-12(2,13)10-7-5-4-6-8-11-14/h3-11H2,1-2H3. The second-order valence-electron chi connectivity index (χ2n) is 4.37. The van der Waals surface area contributed by atoms with Gasteiger partial charge in [0.1, 0.15) is 0 Å². The van der Waals surface area contributed by atoms with E-state index >= 15 is 0 Å². The maximum Gasteiger partial charge on any atom is 0.0229 e. The van der Waals surface area contributed by atoms with E-state index in [0.29, 0.717) is 4.32 Å². The Labute approximate surface area is 103 Å². The largest absolute Gasteiger partial charge is 0.127 e. The Morgan fingerprint density at radius 1 is 1.00 bits per heavy atom. The summed E-state index contributed by atoms with van der Waals surface area (Å²) in [6.07, 6.45) is 10.4. The van der Waals surface area contributed by atoms with Crippen molar-refractivity contribution in [2.45, 2.75) is 69.5 Å². The SMILES string of the molecule is CCCC(C)(Br)CCCCCCCCl. The van der Waals surface area contributed by atoms with E-state index in [4.69, 9.17) is 11.6 Å². The molecule has 0 N–H and O–H groups in total. The van der Waals surface area contributed by atoms with E-state index in [1.165, 1.54) is 51.4 Å². The first-order valence-electron chi connectivity index (χ1n) is 5.87. The van der Waals surface area contributed by atoms with Crippen molar-refractivity contribution < 1.29 is 0 Å². The third-order valence-corrected chi connectivity index (χ3v) is 3.66. The van der Waals surface area contributed by atoms with Gasteiger partial charge in [-0.25, -0.2) is 0 Å². The van der Waals surface area contributed by atoms with E-state index in [2.05, 4.69) is 29.8 Å². The van der Waals surface area contributed by atoms with Crippen LogP contribution >= 0.6 is 27.5 Å². The number of hydrogen-bond donors (Lipinski definition) is 0. The first-order chi connectivity index (χ1) is 6.62.